The highest BCUT2D eigenvalue weighted by molar-refractivity contribution is 7.89. The minimum atomic E-state index is -3.53. The number of carbonyl (C=O) groups excluding carboxylic acids is 1. The van der Waals surface area contributed by atoms with Gasteiger partial charge in [-0.3, -0.25) is 4.79 Å². The van der Waals surface area contributed by atoms with Gasteiger partial charge < -0.3 is 9.80 Å². The van der Waals surface area contributed by atoms with E-state index < -0.39 is 10.0 Å². The zero-order chi connectivity index (χ0) is 22.0. The van der Waals surface area contributed by atoms with Crippen LogP contribution in [0.5, 0.6) is 0 Å². The van der Waals surface area contributed by atoms with Gasteiger partial charge in [-0.15, -0.1) is 0 Å². The van der Waals surface area contributed by atoms with Gasteiger partial charge in [0.25, 0.3) is 5.91 Å². The van der Waals surface area contributed by atoms with Crippen LogP contribution in [0.1, 0.15) is 36.5 Å². The number of anilines is 1. The van der Waals surface area contributed by atoms with E-state index in [0.29, 0.717) is 43.3 Å². The molecule has 2 aliphatic rings. The molecule has 3 heterocycles. The number of nitrogens with zero attached hydrogens (tertiary/aromatic N) is 4. The van der Waals surface area contributed by atoms with Crippen molar-refractivity contribution in [3.8, 4) is 0 Å². The maximum Gasteiger partial charge on any atom is 0.253 e. The molecule has 1 unspecified atom stereocenters. The molecule has 0 radical (unpaired) electrons. The molecule has 1 aromatic carbocycles. The van der Waals surface area contributed by atoms with Crippen LogP contribution in [-0.4, -0.2) is 67.3 Å². The number of halogens is 1. The summed E-state index contributed by atoms with van der Waals surface area (Å²) >= 11 is 5.90. The van der Waals surface area contributed by atoms with Crippen LogP contribution in [0.15, 0.2) is 47.5 Å². The summed E-state index contributed by atoms with van der Waals surface area (Å²) in [5.41, 5.74) is 0.503. The van der Waals surface area contributed by atoms with E-state index in [4.69, 9.17) is 11.6 Å². The first kappa shape index (κ1) is 22.0. The van der Waals surface area contributed by atoms with E-state index in [2.05, 4.69) is 9.88 Å². The van der Waals surface area contributed by atoms with Gasteiger partial charge in [0.05, 0.1) is 9.92 Å². The van der Waals surface area contributed by atoms with Crippen LogP contribution in [0.25, 0.3) is 0 Å². The molecule has 2 saturated heterocycles. The molecular weight excluding hydrogens is 436 g/mol. The van der Waals surface area contributed by atoms with Gasteiger partial charge in [-0.05, 0) is 56.2 Å². The Morgan fingerprint density at radius 2 is 1.71 bits per heavy atom. The van der Waals surface area contributed by atoms with Crippen molar-refractivity contribution < 1.29 is 13.2 Å². The Morgan fingerprint density at radius 1 is 1.00 bits per heavy atom. The van der Waals surface area contributed by atoms with E-state index >= 15 is 0 Å². The van der Waals surface area contributed by atoms with Crippen LogP contribution in [-0.2, 0) is 10.0 Å². The standard InChI is InChI=1S/C22H27ClN4O3S/c1-17-4-2-3-11-27(17)31(29,30)20-8-5-18(6-9-20)22(28)26-14-12-25(13-15-26)21-10-7-19(23)16-24-21/h5-10,16-17H,2-4,11-15H2,1H3. The number of carbonyl (C=O) groups is 1. The lowest BCUT2D eigenvalue weighted by molar-refractivity contribution is 0.0746. The van der Waals surface area contributed by atoms with Crippen molar-refractivity contribution in [1.82, 2.24) is 14.2 Å². The number of aromatic nitrogens is 1. The molecule has 4 rings (SSSR count). The summed E-state index contributed by atoms with van der Waals surface area (Å²) in [5, 5.41) is 0.595. The summed E-state index contributed by atoms with van der Waals surface area (Å²) in [6.45, 7) is 5.02. The molecule has 166 valence electrons. The van der Waals surface area contributed by atoms with E-state index in [1.54, 1.807) is 39.7 Å². The van der Waals surface area contributed by atoms with Crippen LogP contribution >= 0.6 is 11.6 Å². The van der Waals surface area contributed by atoms with Crippen molar-refractivity contribution >= 4 is 33.3 Å². The number of amides is 1. The summed E-state index contributed by atoms with van der Waals surface area (Å²) in [6, 6.07) is 10.0. The highest BCUT2D eigenvalue weighted by Gasteiger charge is 2.31. The van der Waals surface area contributed by atoms with Crippen molar-refractivity contribution in [2.45, 2.75) is 37.1 Å². The molecule has 1 amide bonds. The maximum absolute atomic E-state index is 13.0. The third-order valence-electron chi connectivity index (χ3n) is 6.05. The molecule has 1 atom stereocenters. The molecule has 7 nitrogen and oxygen atoms in total. The number of benzene rings is 1. The Balaban J connectivity index is 1.40. The van der Waals surface area contributed by atoms with Crippen molar-refractivity contribution in [1.29, 1.82) is 0 Å². The van der Waals surface area contributed by atoms with Crippen LogP contribution in [0.3, 0.4) is 0 Å². The molecule has 2 aromatic rings. The van der Waals surface area contributed by atoms with E-state index in [9.17, 15) is 13.2 Å². The molecule has 9 heteroatoms. The third-order valence-corrected chi connectivity index (χ3v) is 8.30. The van der Waals surface area contributed by atoms with Crippen molar-refractivity contribution in [2.75, 3.05) is 37.6 Å². The maximum atomic E-state index is 13.0. The summed E-state index contributed by atoms with van der Waals surface area (Å²) in [6.07, 6.45) is 4.45. The fraction of sp³-hybridized carbons (Fsp3) is 0.455. The minimum Gasteiger partial charge on any atom is -0.353 e. The van der Waals surface area contributed by atoms with E-state index in [0.717, 1.165) is 25.1 Å². The Morgan fingerprint density at radius 3 is 2.32 bits per heavy atom. The second-order valence-corrected chi connectivity index (χ2v) is 10.4. The van der Waals surface area contributed by atoms with Crippen molar-refractivity contribution in [3.05, 3.63) is 53.2 Å². The number of piperidine rings is 1. The van der Waals surface area contributed by atoms with Gasteiger partial charge >= 0.3 is 0 Å². The first-order chi connectivity index (χ1) is 14.9. The van der Waals surface area contributed by atoms with E-state index in [-0.39, 0.29) is 16.8 Å². The summed E-state index contributed by atoms with van der Waals surface area (Å²) in [5.74, 6) is 0.761. The highest BCUT2D eigenvalue weighted by Crippen LogP contribution is 2.25. The summed E-state index contributed by atoms with van der Waals surface area (Å²) in [7, 11) is -3.53. The predicted molar refractivity (Wildman–Crippen MR) is 121 cm³/mol. The third kappa shape index (κ3) is 4.71. The van der Waals surface area contributed by atoms with Crippen LogP contribution in [0.2, 0.25) is 5.02 Å². The molecule has 0 bridgehead atoms. The Kier molecular flexibility index (Phi) is 6.50. The second kappa shape index (κ2) is 9.14. The SMILES string of the molecule is CC1CCCCN1S(=O)(=O)c1ccc(C(=O)N2CCN(c3ccc(Cl)cn3)CC2)cc1. The summed E-state index contributed by atoms with van der Waals surface area (Å²) in [4.78, 5) is 21.4. The van der Waals surface area contributed by atoms with Gasteiger partial charge in [0.1, 0.15) is 5.82 Å². The first-order valence-electron chi connectivity index (χ1n) is 10.6. The van der Waals surface area contributed by atoms with Gasteiger partial charge in [-0.25, -0.2) is 13.4 Å². The molecule has 0 N–H and O–H groups in total. The monoisotopic (exact) mass is 462 g/mol. The number of rotatable bonds is 4. The second-order valence-electron chi connectivity index (χ2n) is 8.10. The van der Waals surface area contributed by atoms with Crippen molar-refractivity contribution in [3.63, 3.8) is 0 Å². The average Bonchev–Trinajstić information content (AvgIpc) is 2.79. The molecule has 0 saturated carbocycles. The Hall–Kier alpha value is -2.16. The summed E-state index contributed by atoms with van der Waals surface area (Å²) < 4.78 is 27.5. The number of pyridine rings is 1. The lowest BCUT2D eigenvalue weighted by Gasteiger charge is -2.35. The first-order valence-corrected chi connectivity index (χ1v) is 12.5. The predicted octanol–water partition coefficient (Wildman–Crippen LogP) is 3.26. The van der Waals surface area contributed by atoms with Gasteiger partial charge in [0.15, 0.2) is 0 Å². The molecule has 2 fully saturated rings. The fourth-order valence-electron chi connectivity index (χ4n) is 4.21. The Bertz CT molecular complexity index is 1020. The number of piperazine rings is 1. The van der Waals surface area contributed by atoms with Gasteiger partial charge in [0.2, 0.25) is 10.0 Å². The zero-order valence-corrected chi connectivity index (χ0v) is 19.1. The van der Waals surface area contributed by atoms with Gasteiger partial charge in [0, 0.05) is 50.5 Å². The molecule has 2 aliphatic heterocycles. The largest absolute Gasteiger partial charge is 0.353 e. The molecule has 0 spiro atoms. The highest BCUT2D eigenvalue weighted by atomic mass is 35.5. The average molecular weight is 463 g/mol. The normalized spacial score (nSPS) is 20.6. The molecule has 0 aliphatic carbocycles. The van der Waals surface area contributed by atoms with Gasteiger partial charge in [-0.1, -0.05) is 18.0 Å². The van der Waals surface area contributed by atoms with Crippen LogP contribution in [0.4, 0.5) is 5.82 Å². The topological polar surface area (TPSA) is 73.8 Å². The van der Waals surface area contributed by atoms with E-state index in [1.807, 2.05) is 19.1 Å². The number of sulfonamides is 1. The lowest BCUT2D eigenvalue weighted by Crippen LogP contribution is -2.49. The minimum absolute atomic E-state index is 0.00600. The van der Waals surface area contributed by atoms with Crippen LogP contribution in [0, 0.1) is 0 Å². The zero-order valence-electron chi connectivity index (χ0n) is 17.6. The quantitative estimate of drug-likeness (QED) is 0.697. The van der Waals surface area contributed by atoms with Gasteiger partial charge in [-0.2, -0.15) is 4.31 Å². The van der Waals surface area contributed by atoms with E-state index in [1.165, 1.54) is 0 Å². The molecule has 1 aromatic heterocycles. The van der Waals surface area contributed by atoms with Crippen LogP contribution < -0.4 is 4.90 Å². The van der Waals surface area contributed by atoms with Crippen molar-refractivity contribution in [2.24, 2.45) is 0 Å². The fourth-order valence-corrected chi connectivity index (χ4v) is 6.02. The molecular formula is C22H27ClN4O3S. The molecule has 31 heavy (non-hydrogen) atoms. The Labute approximate surface area is 188 Å². The number of hydrogen-bond donors (Lipinski definition) is 0. The lowest BCUT2D eigenvalue weighted by atomic mass is 10.1. The smallest absolute Gasteiger partial charge is 0.253 e. The number of hydrogen-bond acceptors (Lipinski definition) is 5.